The molecule has 1 aromatic heterocycles. The summed E-state index contributed by atoms with van der Waals surface area (Å²) in [7, 11) is 3.16. The third kappa shape index (κ3) is 7.03. The third-order valence-corrected chi connectivity index (χ3v) is 7.81. The number of aliphatic carboxylic acids is 1. The van der Waals surface area contributed by atoms with Crippen molar-refractivity contribution in [3.8, 4) is 11.5 Å². The van der Waals surface area contributed by atoms with Gasteiger partial charge in [-0.15, -0.1) is 0 Å². The van der Waals surface area contributed by atoms with Crippen LogP contribution in [-0.2, 0) is 29.4 Å². The van der Waals surface area contributed by atoms with Gasteiger partial charge in [0.05, 0.1) is 33.7 Å². The molecule has 3 aromatic carbocycles. The summed E-state index contributed by atoms with van der Waals surface area (Å²) in [6.07, 6.45) is -2.05. The van der Waals surface area contributed by atoms with Gasteiger partial charge in [-0.05, 0) is 41.0 Å². The maximum absolute atomic E-state index is 12.7. The summed E-state index contributed by atoms with van der Waals surface area (Å²) >= 11 is 0. The number of aromatic amines is 1. The van der Waals surface area contributed by atoms with E-state index in [0.717, 1.165) is 16.7 Å². The molecule has 5 rings (SSSR count). The molecule has 0 amide bonds. The first-order valence-corrected chi connectivity index (χ1v) is 14.6. The van der Waals surface area contributed by atoms with E-state index in [1.807, 2.05) is 78.9 Å². The largest absolute Gasteiger partial charge is 0.497 e. The Balaban J connectivity index is 1.55. The maximum atomic E-state index is 12.7. The highest BCUT2D eigenvalue weighted by molar-refractivity contribution is 5.76. The second-order valence-electron chi connectivity index (χ2n) is 10.6. The van der Waals surface area contributed by atoms with Crippen molar-refractivity contribution in [1.29, 1.82) is 0 Å². The number of benzene rings is 3. The van der Waals surface area contributed by atoms with Gasteiger partial charge >= 0.3 is 17.6 Å². The summed E-state index contributed by atoms with van der Waals surface area (Å²) in [5, 5.41) is 9.05. The Morgan fingerprint density at radius 1 is 0.870 bits per heavy atom. The van der Waals surface area contributed by atoms with Crippen molar-refractivity contribution in [3.63, 3.8) is 0 Å². The zero-order valence-electron chi connectivity index (χ0n) is 25.3. The van der Waals surface area contributed by atoms with Gasteiger partial charge in [-0.3, -0.25) is 23.9 Å². The van der Waals surface area contributed by atoms with E-state index >= 15 is 0 Å². The van der Waals surface area contributed by atoms with E-state index in [9.17, 15) is 19.2 Å². The number of carboxylic acid groups (broad SMARTS) is 1. The predicted octanol–water partition coefficient (Wildman–Crippen LogP) is 3.63. The Morgan fingerprint density at radius 3 is 2.00 bits per heavy atom. The number of nitrogens with zero attached hydrogens (tertiary/aromatic N) is 1. The summed E-state index contributed by atoms with van der Waals surface area (Å²) in [5.41, 5.74) is -0.120. The molecule has 12 nitrogen and oxygen atoms in total. The van der Waals surface area contributed by atoms with E-state index < -0.39 is 53.6 Å². The van der Waals surface area contributed by atoms with Gasteiger partial charge in [0.25, 0.3) is 5.56 Å². The minimum atomic E-state index is -1.20. The van der Waals surface area contributed by atoms with Crippen molar-refractivity contribution in [1.82, 2.24) is 9.55 Å². The molecular formula is C34H34N2O10. The standard InChI is InChI=1S/C34H34N2O10/c1-42-25-12-8-23(9-13-25)34(22-6-4-3-5-7-22,24-10-14-26(43-2)15-11-24)44-21-28-27(46-32(40)17-16-31(38)39)20-30(45-28)36-19-18-29(37)35-33(36)41/h3-15,18-19,27-28,30H,16-17,20-21H2,1-2H3,(H,38,39)(H,35,37,41)/t27-,28+,30+/m0/s1. The number of rotatable bonds is 13. The Bertz CT molecular complexity index is 1700. The summed E-state index contributed by atoms with van der Waals surface area (Å²) in [6.45, 7) is -0.113. The number of nitrogens with one attached hydrogen (secondary N) is 1. The second-order valence-corrected chi connectivity index (χ2v) is 10.6. The Kier molecular flexibility index (Phi) is 9.99. The zero-order valence-corrected chi connectivity index (χ0v) is 25.3. The molecule has 240 valence electrons. The number of hydrogen-bond acceptors (Lipinski definition) is 9. The van der Waals surface area contributed by atoms with Crippen LogP contribution in [0.3, 0.4) is 0 Å². The average Bonchev–Trinajstić information content (AvgIpc) is 3.46. The summed E-state index contributed by atoms with van der Waals surface area (Å²) in [6, 6.07) is 25.7. The van der Waals surface area contributed by atoms with E-state index in [-0.39, 0.29) is 19.4 Å². The molecule has 46 heavy (non-hydrogen) atoms. The van der Waals surface area contributed by atoms with E-state index in [2.05, 4.69) is 4.98 Å². The Morgan fingerprint density at radius 2 is 1.46 bits per heavy atom. The fraction of sp³-hybridized carbons (Fsp3) is 0.294. The third-order valence-electron chi connectivity index (χ3n) is 7.81. The zero-order chi connectivity index (χ0) is 32.7. The van der Waals surface area contributed by atoms with Gasteiger partial charge < -0.3 is 28.8 Å². The van der Waals surface area contributed by atoms with Crippen LogP contribution in [0.1, 0.15) is 42.2 Å². The van der Waals surface area contributed by atoms with E-state index in [4.69, 9.17) is 28.8 Å². The molecule has 1 aliphatic heterocycles. The van der Waals surface area contributed by atoms with Crippen LogP contribution in [-0.4, -0.2) is 59.6 Å². The number of methoxy groups -OCH3 is 2. The van der Waals surface area contributed by atoms with Crippen LogP contribution in [0, 0.1) is 0 Å². The van der Waals surface area contributed by atoms with Gasteiger partial charge in [0.15, 0.2) is 0 Å². The van der Waals surface area contributed by atoms with Crippen LogP contribution in [0.25, 0.3) is 0 Å². The Labute approximate surface area is 264 Å². The second kappa shape index (κ2) is 14.3. The van der Waals surface area contributed by atoms with Gasteiger partial charge in [-0.1, -0.05) is 54.6 Å². The number of esters is 1. The number of hydrogen-bond donors (Lipinski definition) is 2. The molecule has 12 heteroatoms. The molecule has 1 aliphatic rings. The fourth-order valence-electron chi connectivity index (χ4n) is 5.52. The van der Waals surface area contributed by atoms with Crippen LogP contribution in [0.15, 0.2) is 101 Å². The number of carbonyl (C=O) groups is 2. The molecule has 2 heterocycles. The first kappa shape index (κ1) is 32.2. The highest BCUT2D eigenvalue weighted by Crippen LogP contribution is 2.43. The van der Waals surface area contributed by atoms with Crippen LogP contribution in [0.4, 0.5) is 0 Å². The minimum Gasteiger partial charge on any atom is -0.497 e. The lowest BCUT2D eigenvalue weighted by Crippen LogP contribution is -2.39. The number of H-pyrrole nitrogens is 1. The average molecular weight is 631 g/mol. The number of aromatic nitrogens is 2. The fourth-order valence-corrected chi connectivity index (χ4v) is 5.52. The molecule has 0 radical (unpaired) electrons. The summed E-state index contributed by atoms with van der Waals surface area (Å²) < 4.78 is 30.9. The molecular weight excluding hydrogens is 596 g/mol. The Hall–Kier alpha value is -5.20. The SMILES string of the molecule is COc1ccc(C(OC[C@H]2O[C@@H](n3ccc(=O)[nH]c3=O)C[C@@H]2OC(=O)CCC(=O)O)(c2ccccc2)c2ccc(OC)cc2)cc1. The van der Waals surface area contributed by atoms with Crippen LogP contribution >= 0.6 is 0 Å². The molecule has 0 unspecified atom stereocenters. The lowest BCUT2D eigenvalue weighted by atomic mass is 9.80. The van der Waals surface area contributed by atoms with Crippen molar-refractivity contribution in [2.24, 2.45) is 0 Å². The van der Waals surface area contributed by atoms with Crippen LogP contribution < -0.4 is 20.7 Å². The van der Waals surface area contributed by atoms with Gasteiger partial charge in [-0.2, -0.15) is 0 Å². The van der Waals surface area contributed by atoms with Crippen LogP contribution in [0.2, 0.25) is 0 Å². The summed E-state index contributed by atoms with van der Waals surface area (Å²) in [4.78, 5) is 50.3. The summed E-state index contributed by atoms with van der Waals surface area (Å²) in [5.74, 6) is -0.553. The maximum Gasteiger partial charge on any atom is 0.330 e. The van der Waals surface area contributed by atoms with Crippen molar-refractivity contribution in [3.05, 3.63) is 129 Å². The first-order chi connectivity index (χ1) is 22.2. The lowest BCUT2D eigenvalue weighted by Gasteiger charge is -2.37. The highest BCUT2D eigenvalue weighted by atomic mass is 16.6. The molecule has 0 spiro atoms. The lowest BCUT2D eigenvalue weighted by molar-refractivity contribution is -0.157. The molecule has 0 bridgehead atoms. The van der Waals surface area contributed by atoms with E-state index in [1.54, 1.807) is 14.2 Å². The monoisotopic (exact) mass is 630 g/mol. The smallest absolute Gasteiger partial charge is 0.330 e. The van der Waals surface area contributed by atoms with E-state index in [1.165, 1.54) is 16.8 Å². The number of ether oxygens (including phenoxy) is 5. The molecule has 0 saturated carbocycles. The van der Waals surface area contributed by atoms with Crippen molar-refractivity contribution in [2.45, 2.75) is 43.3 Å². The first-order valence-electron chi connectivity index (χ1n) is 14.6. The molecule has 0 aliphatic carbocycles. The van der Waals surface area contributed by atoms with E-state index in [0.29, 0.717) is 11.5 Å². The topological polar surface area (TPSA) is 155 Å². The highest BCUT2D eigenvalue weighted by Gasteiger charge is 2.44. The molecule has 2 N–H and O–H groups in total. The molecule has 4 aromatic rings. The van der Waals surface area contributed by atoms with Gasteiger partial charge in [0.1, 0.15) is 35.5 Å². The number of carboxylic acids is 1. The van der Waals surface area contributed by atoms with Gasteiger partial charge in [0.2, 0.25) is 0 Å². The normalized spacial score (nSPS) is 17.7. The van der Waals surface area contributed by atoms with Crippen molar-refractivity contribution in [2.75, 3.05) is 20.8 Å². The minimum absolute atomic E-state index is 0.0577. The van der Waals surface area contributed by atoms with Crippen molar-refractivity contribution < 1.29 is 38.4 Å². The van der Waals surface area contributed by atoms with Gasteiger partial charge in [-0.25, -0.2) is 4.79 Å². The van der Waals surface area contributed by atoms with Gasteiger partial charge in [0, 0.05) is 18.7 Å². The predicted molar refractivity (Wildman–Crippen MR) is 165 cm³/mol. The molecule has 3 atom stereocenters. The molecule has 1 fully saturated rings. The molecule has 1 saturated heterocycles. The van der Waals surface area contributed by atoms with Crippen molar-refractivity contribution >= 4 is 11.9 Å². The quantitative estimate of drug-likeness (QED) is 0.165. The number of carbonyl (C=O) groups excluding carboxylic acids is 1. The van der Waals surface area contributed by atoms with Crippen LogP contribution in [0.5, 0.6) is 11.5 Å².